The van der Waals surface area contributed by atoms with Gasteiger partial charge in [-0.05, 0) is 30.5 Å². The van der Waals surface area contributed by atoms with Crippen molar-refractivity contribution < 1.29 is 14.3 Å². The van der Waals surface area contributed by atoms with Crippen LogP contribution in [0.2, 0.25) is 0 Å². The summed E-state index contributed by atoms with van der Waals surface area (Å²) in [7, 11) is 1.82. The molecule has 1 amide bonds. The maximum atomic E-state index is 13.0. The third-order valence-corrected chi connectivity index (χ3v) is 6.44. The van der Waals surface area contributed by atoms with Crippen molar-refractivity contribution in [2.75, 3.05) is 48.9 Å². The van der Waals surface area contributed by atoms with Crippen LogP contribution in [0.15, 0.2) is 24.5 Å². The van der Waals surface area contributed by atoms with Gasteiger partial charge in [-0.2, -0.15) is 0 Å². The molecule has 1 saturated heterocycles. The number of pyridine rings is 2. The number of ether oxygens (including phenoxy) is 2. The van der Waals surface area contributed by atoms with Gasteiger partial charge in [-0.1, -0.05) is 0 Å². The molecule has 1 saturated carbocycles. The molecule has 3 N–H and O–H groups in total. The summed E-state index contributed by atoms with van der Waals surface area (Å²) < 4.78 is 13.1. The highest BCUT2D eigenvalue weighted by molar-refractivity contribution is 5.94. The van der Waals surface area contributed by atoms with E-state index in [1.807, 2.05) is 19.2 Å². The van der Waals surface area contributed by atoms with E-state index in [0.29, 0.717) is 42.6 Å². The van der Waals surface area contributed by atoms with Gasteiger partial charge in [-0.3, -0.25) is 0 Å². The number of imidazole rings is 1. The second kappa shape index (κ2) is 8.16. The Labute approximate surface area is 190 Å². The topological polar surface area (TPSA) is 118 Å². The summed E-state index contributed by atoms with van der Waals surface area (Å²) in [5, 5.41) is 9.56. The first-order valence-electron chi connectivity index (χ1n) is 11.3. The normalized spacial score (nSPS) is 22.7. The number of nitrogens with one attached hydrogen (secondary N) is 3. The van der Waals surface area contributed by atoms with Gasteiger partial charge < -0.3 is 30.3 Å². The summed E-state index contributed by atoms with van der Waals surface area (Å²) in [6, 6.07) is 5.63. The van der Waals surface area contributed by atoms with E-state index in [9.17, 15) is 4.79 Å². The Kier molecular flexibility index (Phi) is 4.99. The average Bonchev–Trinajstić information content (AvgIpc) is 3.25. The van der Waals surface area contributed by atoms with Crippen molar-refractivity contribution in [3.8, 4) is 0 Å². The maximum absolute atomic E-state index is 13.0. The first-order valence-corrected chi connectivity index (χ1v) is 11.3. The molecule has 4 bridgehead atoms. The third kappa shape index (κ3) is 3.72. The zero-order valence-corrected chi connectivity index (χ0v) is 18.4. The molecule has 3 aromatic rings. The van der Waals surface area contributed by atoms with E-state index in [-0.39, 0.29) is 18.2 Å². The highest BCUT2D eigenvalue weighted by Gasteiger charge is 2.34. The number of aromatic nitrogens is 4. The largest absolute Gasteiger partial charge is 0.386 e. The molecule has 6 rings (SSSR count). The maximum Gasteiger partial charge on any atom is 0.328 e. The molecule has 172 valence electrons. The van der Waals surface area contributed by atoms with Crippen molar-refractivity contribution in [3.05, 3.63) is 30.1 Å². The van der Waals surface area contributed by atoms with Crippen LogP contribution in [0.5, 0.6) is 0 Å². The van der Waals surface area contributed by atoms with Crippen LogP contribution >= 0.6 is 0 Å². The van der Waals surface area contributed by atoms with Crippen molar-refractivity contribution in [2.24, 2.45) is 0 Å². The van der Waals surface area contributed by atoms with Crippen LogP contribution in [-0.4, -0.2) is 71.0 Å². The quantitative estimate of drug-likeness (QED) is 0.539. The number of nitrogens with zero attached hydrogens (tertiary/aromatic N) is 5. The summed E-state index contributed by atoms with van der Waals surface area (Å²) >= 11 is 0. The predicted octanol–water partition coefficient (Wildman–Crippen LogP) is 2.07. The van der Waals surface area contributed by atoms with Gasteiger partial charge in [-0.15, -0.1) is 0 Å². The molecule has 1 aliphatic carbocycles. The molecule has 2 fully saturated rings. The van der Waals surface area contributed by atoms with E-state index in [4.69, 9.17) is 19.4 Å². The zero-order valence-electron chi connectivity index (χ0n) is 18.4. The summed E-state index contributed by atoms with van der Waals surface area (Å²) in [5.74, 6) is 2.12. The fourth-order valence-corrected chi connectivity index (χ4v) is 4.46. The Morgan fingerprint density at radius 3 is 2.76 bits per heavy atom. The van der Waals surface area contributed by atoms with Crippen LogP contribution < -0.4 is 20.9 Å². The summed E-state index contributed by atoms with van der Waals surface area (Å²) in [6.07, 6.45) is 3.27. The molecule has 3 aliphatic rings. The molecular weight excluding hydrogens is 424 g/mol. The number of morpholine rings is 1. The molecule has 2 aliphatic heterocycles. The van der Waals surface area contributed by atoms with Crippen LogP contribution in [0.1, 0.15) is 18.4 Å². The van der Waals surface area contributed by atoms with Crippen LogP contribution in [-0.2, 0) is 16.1 Å². The molecule has 0 aromatic carbocycles. The Hall–Kier alpha value is -3.44. The van der Waals surface area contributed by atoms with Crippen LogP contribution in [0, 0.1) is 0 Å². The number of amides is 1. The molecule has 0 spiro atoms. The van der Waals surface area contributed by atoms with Crippen LogP contribution in [0.3, 0.4) is 0 Å². The first-order chi connectivity index (χ1) is 16.2. The molecule has 2 atom stereocenters. The Morgan fingerprint density at radius 2 is 1.97 bits per heavy atom. The zero-order chi connectivity index (χ0) is 22.4. The van der Waals surface area contributed by atoms with Gasteiger partial charge in [0.2, 0.25) is 0 Å². The van der Waals surface area contributed by atoms with Crippen molar-refractivity contribution >= 4 is 40.3 Å². The number of fused-ring (bicyclic) bond motifs is 4. The monoisotopic (exact) mass is 450 g/mol. The lowest BCUT2D eigenvalue weighted by Crippen LogP contribution is -2.52. The van der Waals surface area contributed by atoms with E-state index < -0.39 is 0 Å². The molecule has 5 heterocycles. The first kappa shape index (κ1) is 20.2. The van der Waals surface area contributed by atoms with Crippen molar-refractivity contribution in [3.63, 3.8) is 0 Å². The Morgan fingerprint density at radius 1 is 1.12 bits per heavy atom. The van der Waals surface area contributed by atoms with Gasteiger partial charge in [0.15, 0.2) is 5.65 Å². The molecule has 3 aromatic heterocycles. The van der Waals surface area contributed by atoms with Gasteiger partial charge in [0, 0.05) is 26.2 Å². The molecule has 11 nitrogen and oxygen atoms in total. The Bertz CT molecular complexity index is 1210. The third-order valence-electron chi connectivity index (χ3n) is 6.44. The molecular formula is C22H26N8O3. The second-order valence-corrected chi connectivity index (χ2v) is 8.52. The van der Waals surface area contributed by atoms with Crippen molar-refractivity contribution in [1.82, 2.24) is 24.8 Å². The molecule has 33 heavy (non-hydrogen) atoms. The SMILES string of the molecule is CNc1cc2nc3c1ncn3C(=O)N[C@@H]1CC[C@H]1OCc1cc(nc(N3CCOCC3)c1)N2. The standard InChI is InChI=1S/C22H26N8O3/c1-23-15-10-18-26-17-8-13(9-19(27-17)29-4-6-32-7-5-29)11-33-16-3-2-14(16)25-22(31)30-12-24-20(15)21(30)28-18/h8-10,12,14,16H,2-7,11H2,1H3,(H,25,31)(H2,23,26,27,28)/t14-,16-/m1/s1. The number of anilines is 4. The average molecular weight is 451 g/mol. The number of carbonyl (C=O) groups excluding carboxylic acids is 1. The number of rotatable bonds is 2. The Balaban J connectivity index is 1.45. The molecule has 0 radical (unpaired) electrons. The van der Waals surface area contributed by atoms with E-state index >= 15 is 0 Å². The van der Waals surface area contributed by atoms with E-state index in [1.165, 1.54) is 10.9 Å². The van der Waals surface area contributed by atoms with Crippen LogP contribution in [0.4, 0.5) is 27.9 Å². The van der Waals surface area contributed by atoms with Gasteiger partial charge in [0.25, 0.3) is 0 Å². The van der Waals surface area contributed by atoms with Crippen molar-refractivity contribution in [1.29, 1.82) is 0 Å². The number of carbonyl (C=O) groups is 1. The van der Waals surface area contributed by atoms with Gasteiger partial charge in [0.1, 0.15) is 29.3 Å². The summed E-state index contributed by atoms with van der Waals surface area (Å²) in [5.41, 5.74) is 2.89. The smallest absolute Gasteiger partial charge is 0.328 e. The van der Waals surface area contributed by atoms with Crippen molar-refractivity contribution in [2.45, 2.75) is 31.6 Å². The minimum atomic E-state index is -0.259. The van der Waals surface area contributed by atoms with E-state index in [1.54, 1.807) is 0 Å². The highest BCUT2D eigenvalue weighted by atomic mass is 16.5. The molecule has 0 unspecified atom stereocenters. The fraction of sp³-hybridized carbons (Fsp3) is 0.455. The summed E-state index contributed by atoms with van der Waals surface area (Å²) in [6.45, 7) is 3.39. The highest BCUT2D eigenvalue weighted by Crippen LogP contribution is 2.30. The summed E-state index contributed by atoms with van der Waals surface area (Å²) in [4.78, 5) is 29.2. The minimum Gasteiger partial charge on any atom is -0.386 e. The lowest BCUT2D eigenvalue weighted by molar-refractivity contribution is -0.0323. The predicted molar refractivity (Wildman–Crippen MR) is 123 cm³/mol. The van der Waals surface area contributed by atoms with Gasteiger partial charge >= 0.3 is 6.03 Å². The number of hydrogen-bond acceptors (Lipinski definition) is 9. The second-order valence-electron chi connectivity index (χ2n) is 8.52. The number of hydrogen-bond donors (Lipinski definition) is 3. The van der Waals surface area contributed by atoms with Crippen LogP contribution in [0.25, 0.3) is 11.2 Å². The van der Waals surface area contributed by atoms with Gasteiger partial charge in [-0.25, -0.2) is 24.3 Å². The van der Waals surface area contributed by atoms with E-state index in [2.05, 4.69) is 31.9 Å². The lowest BCUT2D eigenvalue weighted by atomic mass is 9.89. The van der Waals surface area contributed by atoms with E-state index in [0.717, 1.165) is 43.0 Å². The lowest BCUT2D eigenvalue weighted by Gasteiger charge is -2.37. The molecule has 11 heteroatoms. The van der Waals surface area contributed by atoms with Gasteiger partial charge in [0.05, 0.1) is 37.7 Å². The minimum absolute atomic E-state index is 0.0283. The fourth-order valence-electron chi connectivity index (χ4n) is 4.46.